The van der Waals surface area contributed by atoms with Gasteiger partial charge in [0.15, 0.2) is 5.78 Å². The first-order chi connectivity index (χ1) is 7.02. The number of carbonyl (C=O) groups is 2. The van der Waals surface area contributed by atoms with Crippen molar-refractivity contribution in [2.75, 3.05) is 6.61 Å². The molecule has 1 aromatic heterocycles. The van der Waals surface area contributed by atoms with Gasteiger partial charge in [0.2, 0.25) is 0 Å². The Kier molecular flexibility index (Phi) is 3.90. The van der Waals surface area contributed by atoms with Gasteiger partial charge in [-0.25, -0.2) is 4.79 Å². The van der Waals surface area contributed by atoms with E-state index in [1.807, 2.05) is 0 Å². The van der Waals surface area contributed by atoms with Gasteiger partial charge in [-0.05, 0) is 28.1 Å². The monoisotopic (exact) mass is 274 g/mol. The van der Waals surface area contributed by atoms with Gasteiger partial charge in [-0.15, -0.1) is 0 Å². The van der Waals surface area contributed by atoms with Crippen molar-refractivity contribution in [3.05, 3.63) is 22.4 Å². The molecule has 0 saturated carbocycles. The summed E-state index contributed by atoms with van der Waals surface area (Å²) in [6.45, 7) is 2.02. The SMILES string of the molecule is CC(=O)c1ccc(Br)n1CCOC(N)=O. The molecule has 1 aromatic rings. The van der Waals surface area contributed by atoms with Gasteiger partial charge in [-0.2, -0.15) is 0 Å². The number of primary amides is 1. The second-order valence-electron chi connectivity index (χ2n) is 2.92. The number of aromatic nitrogens is 1. The van der Waals surface area contributed by atoms with Gasteiger partial charge in [-0.1, -0.05) is 0 Å². The van der Waals surface area contributed by atoms with Gasteiger partial charge in [0.25, 0.3) is 0 Å². The van der Waals surface area contributed by atoms with Crippen molar-refractivity contribution in [1.82, 2.24) is 4.57 Å². The van der Waals surface area contributed by atoms with Crippen LogP contribution in [-0.4, -0.2) is 23.1 Å². The fraction of sp³-hybridized carbons (Fsp3) is 0.333. The summed E-state index contributed by atoms with van der Waals surface area (Å²) in [6.07, 6.45) is -0.817. The molecule has 2 N–H and O–H groups in total. The van der Waals surface area contributed by atoms with Crippen LogP contribution >= 0.6 is 15.9 Å². The van der Waals surface area contributed by atoms with Crippen LogP contribution in [0.5, 0.6) is 0 Å². The van der Waals surface area contributed by atoms with Crippen molar-refractivity contribution in [3.8, 4) is 0 Å². The van der Waals surface area contributed by atoms with E-state index < -0.39 is 6.09 Å². The summed E-state index contributed by atoms with van der Waals surface area (Å²) in [7, 11) is 0. The number of halogens is 1. The van der Waals surface area contributed by atoms with E-state index in [-0.39, 0.29) is 12.4 Å². The van der Waals surface area contributed by atoms with Crippen LogP contribution in [0.2, 0.25) is 0 Å². The highest BCUT2D eigenvalue weighted by molar-refractivity contribution is 9.10. The fourth-order valence-electron chi connectivity index (χ4n) is 1.21. The number of amides is 1. The highest BCUT2D eigenvalue weighted by Crippen LogP contribution is 2.15. The minimum atomic E-state index is -0.817. The predicted molar refractivity (Wildman–Crippen MR) is 57.7 cm³/mol. The zero-order chi connectivity index (χ0) is 11.4. The van der Waals surface area contributed by atoms with Gasteiger partial charge in [0, 0.05) is 6.92 Å². The number of rotatable bonds is 4. The van der Waals surface area contributed by atoms with Crippen molar-refractivity contribution in [2.24, 2.45) is 5.73 Å². The standard InChI is InChI=1S/C9H11BrN2O3/c1-6(13)7-2-3-8(10)12(7)4-5-15-9(11)14/h2-3H,4-5H2,1H3,(H2,11,14). The van der Waals surface area contributed by atoms with Gasteiger partial charge in [0.05, 0.1) is 16.8 Å². The number of nitrogens with zero attached hydrogens (tertiary/aromatic N) is 1. The van der Waals surface area contributed by atoms with Crippen LogP contribution < -0.4 is 5.73 Å². The first kappa shape index (κ1) is 11.8. The molecule has 6 heteroatoms. The molecule has 0 aliphatic rings. The van der Waals surface area contributed by atoms with E-state index in [4.69, 9.17) is 5.73 Å². The Morgan fingerprint density at radius 2 is 2.20 bits per heavy atom. The molecule has 0 atom stereocenters. The molecule has 0 aliphatic carbocycles. The molecule has 0 fully saturated rings. The Balaban J connectivity index is 2.70. The lowest BCUT2D eigenvalue weighted by Gasteiger charge is -2.08. The third-order valence-corrected chi connectivity index (χ3v) is 2.54. The summed E-state index contributed by atoms with van der Waals surface area (Å²) < 4.78 is 7.07. The molecule has 0 aliphatic heterocycles. The third kappa shape index (κ3) is 3.09. The normalized spacial score (nSPS) is 10.0. The quantitative estimate of drug-likeness (QED) is 0.847. The molecule has 0 spiro atoms. The molecule has 0 saturated heterocycles. The van der Waals surface area contributed by atoms with E-state index >= 15 is 0 Å². The van der Waals surface area contributed by atoms with Gasteiger partial charge in [0.1, 0.15) is 6.61 Å². The van der Waals surface area contributed by atoms with E-state index in [9.17, 15) is 9.59 Å². The largest absolute Gasteiger partial charge is 0.448 e. The molecule has 0 bridgehead atoms. The number of hydrogen-bond acceptors (Lipinski definition) is 3. The molecule has 1 heterocycles. The Morgan fingerprint density at radius 3 is 2.73 bits per heavy atom. The first-order valence-corrected chi connectivity index (χ1v) is 5.10. The smallest absolute Gasteiger partial charge is 0.404 e. The topological polar surface area (TPSA) is 74.3 Å². The molecular formula is C9H11BrN2O3. The van der Waals surface area contributed by atoms with E-state index in [1.54, 1.807) is 16.7 Å². The second-order valence-corrected chi connectivity index (χ2v) is 3.73. The van der Waals surface area contributed by atoms with Crippen LogP contribution in [0.1, 0.15) is 17.4 Å². The van der Waals surface area contributed by atoms with Crippen molar-refractivity contribution in [2.45, 2.75) is 13.5 Å². The number of ketones is 1. The van der Waals surface area contributed by atoms with Crippen LogP contribution in [0.25, 0.3) is 0 Å². The molecule has 0 aromatic carbocycles. The van der Waals surface area contributed by atoms with E-state index in [2.05, 4.69) is 20.7 Å². The Hall–Kier alpha value is -1.30. The number of hydrogen-bond donors (Lipinski definition) is 1. The maximum absolute atomic E-state index is 11.2. The van der Waals surface area contributed by atoms with Crippen molar-refractivity contribution in [3.63, 3.8) is 0 Å². The van der Waals surface area contributed by atoms with Crippen LogP contribution in [0.3, 0.4) is 0 Å². The molecule has 82 valence electrons. The predicted octanol–water partition coefficient (Wildman–Crippen LogP) is 1.55. The van der Waals surface area contributed by atoms with E-state index in [0.29, 0.717) is 12.2 Å². The lowest BCUT2D eigenvalue weighted by molar-refractivity contribution is 0.100. The molecule has 15 heavy (non-hydrogen) atoms. The molecular weight excluding hydrogens is 264 g/mol. The molecule has 1 rings (SSSR count). The summed E-state index contributed by atoms with van der Waals surface area (Å²) in [6, 6.07) is 3.47. The average Bonchev–Trinajstić information content (AvgIpc) is 2.47. The van der Waals surface area contributed by atoms with Gasteiger partial charge >= 0.3 is 6.09 Å². The van der Waals surface area contributed by atoms with E-state index in [1.165, 1.54) is 6.92 Å². The van der Waals surface area contributed by atoms with E-state index in [0.717, 1.165) is 4.60 Å². The van der Waals surface area contributed by atoms with Crippen molar-refractivity contribution in [1.29, 1.82) is 0 Å². The minimum absolute atomic E-state index is 0.0419. The van der Waals surface area contributed by atoms with Crippen LogP contribution in [0.4, 0.5) is 4.79 Å². The maximum Gasteiger partial charge on any atom is 0.404 e. The van der Waals surface area contributed by atoms with Crippen LogP contribution in [0, 0.1) is 0 Å². The fourth-order valence-corrected chi connectivity index (χ4v) is 1.72. The molecule has 1 amide bonds. The molecule has 0 radical (unpaired) electrons. The second kappa shape index (κ2) is 4.97. The van der Waals surface area contributed by atoms with Crippen LogP contribution in [0.15, 0.2) is 16.7 Å². The lowest BCUT2D eigenvalue weighted by atomic mass is 10.3. The Bertz CT molecular complexity index is 387. The zero-order valence-corrected chi connectivity index (χ0v) is 9.78. The lowest BCUT2D eigenvalue weighted by Crippen LogP contribution is -2.18. The molecule has 5 nitrogen and oxygen atoms in total. The van der Waals surface area contributed by atoms with Gasteiger partial charge in [-0.3, -0.25) is 4.79 Å². The number of ether oxygens (including phenoxy) is 1. The average molecular weight is 275 g/mol. The van der Waals surface area contributed by atoms with Gasteiger partial charge < -0.3 is 15.0 Å². The number of Topliss-reactive ketones (excluding diaryl/α,β-unsaturated/α-hetero) is 1. The first-order valence-electron chi connectivity index (χ1n) is 4.30. The van der Waals surface area contributed by atoms with Crippen LogP contribution in [-0.2, 0) is 11.3 Å². The molecule has 0 unspecified atom stereocenters. The summed E-state index contributed by atoms with van der Waals surface area (Å²) in [5.41, 5.74) is 5.38. The van der Waals surface area contributed by atoms with Crippen molar-refractivity contribution < 1.29 is 14.3 Å². The number of nitrogens with two attached hydrogens (primary N) is 1. The Labute approximate surface area is 95.3 Å². The maximum atomic E-state index is 11.2. The third-order valence-electron chi connectivity index (χ3n) is 1.85. The minimum Gasteiger partial charge on any atom is -0.448 e. The summed E-state index contributed by atoms with van der Waals surface area (Å²) >= 11 is 3.29. The summed E-state index contributed by atoms with van der Waals surface area (Å²) in [4.78, 5) is 21.5. The van der Waals surface area contributed by atoms with Crippen molar-refractivity contribution >= 4 is 27.8 Å². The summed E-state index contributed by atoms with van der Waals surface area (Å²) in [5, 5.41) is 0. The number of carbonyl (C=O) groups excluding carboxylic acids is 2. The zero-order valence-electron chi connectivity index (χ0n) is 8.20. The summed E-state index contributed by atoms with van der Waals surface area (Å²) in [5.74, 6) is -0.0419. The highest BCUT2D eigenvalue weighted by Gasteiger charge is 2.09. The highest BCUT2D eigenvalue weighted by atomic mass is 79.9. The Morgan fingerprint density at radius 1 is 1.53 bits per heavy atom.